The number of carbonyl (C=O) groups excluding carboxylic acids is 1. The van der Waals surface area contributed by atoms with Crippen LogP contribution in [0.4, 0.5) is 0 Å². The van der Waals surface area contributed by atoms with Crippen LogP contribution in [-0.2, 0) is 4.79 Å². The second kappa shape index (κ2) is 5.26. The molecule has 1 aromatic heterocycles. The molecule has 1 unspecified atom stereocenters. The summed E-state index contributed by atoms with van der Waals surface area (Å²) in [5.74, 6) is -0.521. The van der Waals surface area contributed by atoms with E-state index in [9.17, 15) is 14.7 Å². The Balaban J connectivity index is 2.25. The van der Waals surface area contributed by atoms with Crippen molar-refractivity contribution in [3.8, 4) is 0 Å². The second-order valence-electron chi connectivity index (χ2n) is 5.47. The highest BCUT2D eigenvalue weighted by atomic mass is 16.5. The minimum absolute atomic E-state index is 0.181. The Labute approximate surface area is 117 Å². The molecule has 1 atom stereocenters. The van der Waals surface area contributed by atoms with E-state index in [4.69, 9.17) is 4.52 Å². The molecular formula is C14H20N2O4. The Morgan fingerprint density at radius 2 is 2.15 bits per heavy atom. The number of aromatic nitrogens is 1. The monoisotopic (exact) mass is 280 g/mol. The van der Waals surface area contributed by atoms with Crippen molar-refractivity contribution < 1.29 is 19.2 Å². The topological polar surface area (TPSA) is 83.6 Å². The third-order valence-corrected chi connectivity index (χ3v) is 4.24. The molecule has 1 aliphatic heterocycles. The fourth-order valence-corrected chi connectivity index (χ4v) is 2.87. The Hall–Kier alpha value is -1.85. The summed E-state index contributed by atoms with van der Waals surface area (Å²) in [4.78, 5) is 25.7. The van der Waals surface area contributed by atoms with Crippen LogP contribution in [0.25, 0.3) is 0 Å². The van der Waals surface area contributed by atoms with Crippen molar-refractivity contribution in [1.82, 2.24) is 10.1 Å². The summed E-state index contributed by atoms with van der Waals surface area (Å²) in [6.45, 7) is 6.11. The summed E-state index contributed by atoms with van der Waals surface area (Å²) in [5, 5.41) is 13.2. The number of carbonyl (C=O) groups is 2. The van der Waals surface area contributed by atoms with Crippen LogP contribution in [-0.4, -0.2) is 40.1 Å². The van der Waals surface area contributed by atoms with Crippen LogP contribution < -0.4 is 0 Å². The molecule has 2 rings (SSSR count). The molecule has 1 N–H and O–H groups in total. The number of likely N-dealkylation sites (tertiary alicyclic amines) is 1. The molecule has 0 spiro atoms. The third kappa shape index (κ3) is 2.30. The van der Waals surface area contributed by atoms with Gasteiger partial charge in [-0.1, -0.05) is 12.1 Å². The van der Waals surface area contributed by atoms with Gasteiger partial charge in [0, 0.05) is 13.1 Å². The SMILES string of the molecule is CCC1(C(=O)O)CCCN(C(=O)c2c(C)noc2C)C1. The van der Waals surface area contributed by atoms with E-state index in [1.54, 1.807) is 18.7 Å². The molecule has 2 heterocycles. The van der Waals surface area contributed by atoms with Crippen LogP contribution in [0.2, 0.25) is 0 Å². The fraction of sp³-hybridized carbons (Fsp3) is 0.643. The molecule has 6 heteroatoms. The lowest BCUT2D eigenvalue weighted by atomic mass is 9.77. The van der Waals surface area contributed by atoms with Gasteiger partial charge in [0.15, 0.2) is 0 Å². The molecule has 0 radical (unpaired) electrons. The minimum atomic E-state index is -0.827. The zero-order valence-corrected chi connectivity index (χ0v) is 12.1. The third-order valence-electron chi connectivity index (χ3n) is 4.24. The molecule has 6 nitrogen and oxygen atoms in total. The maximum absolute atomic E-state index is 12.6. The molecule has 0 aromatic carbocycles. The van der Waals surface area contributed by atoms with E-state index in [1.165, 1.54) is 0 Å². The molecule has 1 saturated heterocycles. The van der Waals surface area contributed by atoms with Crippen molar-refractivity contribution >= 4 is 11.9 Å². The molecule has 0 aliphatic carbocycles. The molecule has 1 aliphatic rings. The number of carboxylic acids is 1. The first-order chi connectivity index (χ1) is 9.41. The van der Waals surface area contributed by atoms with Gasteiger partial charge in [0.25, 0.3) is 5.91 Å². The Kier molecular flexibility index (Phi) is 3.83. The van der Waals surface area contributed by atoms with Gasteiger partial charge in [0.2, 0.25) is 0 Å². The van der Waals surface area contributed by atoms with Gasteiger partial charge in [-0.3, -0.25) is 9.59 Å². The summed E-state index contributed by atoms with van der Waals surface area (Å²) < 4.78 is 5.02. The van der Waals surface area contributed by atoms with Crippen molar-refractivity contribution in [2.24, 2.45) is 5.41 Å². The fourth-order valence-electron chi connectivity index (χ4n) is 2.87. The summed E-state index contributed by atoms with van der Waals surface area (Å²) in [7, 11) is 0. The zero-order chi connectivity index (χ0) is 14.9. The molecule has 0 saturated carbocycles. The number of aryl methyl sites for hydroxylation is 2. The molecular weight excluding hydrogens is 260 g/mol. The van der Waals surface area contributed by atoms with Crippen molar-refractivity contribution in [1.29, 1.82) is 0 Å². The average molecular weight is 280 g/mol. The van der Waals surface area contributed by atoms with Crippen LogP contribution in [0.5, 0.6) is 0 Å². The number of amides is 1. The predicted molar refractivity (Wildman–Crippen MR) is 71.5 cm³/mol. The van der Waals surface area contributed by atoms with Gasteiger partial charge in [0.05, 0.1) is 11.1 Å². The van der Waals surface area contributed by atoms with E-state index in [0.29, 0.717) is 42.8 Å². The lowest BCUT2D eigenvalue weighted by Crippen LogP contribution is -2.49. The highest BCUT2D eigenvalue weighted by Gasteiger charge is 2.42. The van der Waals surface area contributed by atoms with Gasteiger partial charge in [-0.2, -0.15) is 0 Å². The van der Waals surface area contributed by atoms with E-state index >= 15 is 0 Å². The molecule has 0 bridgehead atoms. The van der Waals surface area contributed by atoms with Gasteiger partial charge in [-0.15, -0.1) is 0 Å². The van der Waals surface area contributed by atoms with Gasteiger partial charge in [-0.25, -0.2) is 0 Å². The Morgan fingerprint density at radius 3 is 2.65 bits per heavy atom. The van der Waals surface area contributed by atoms with E-state index in [0.717, 1.165) is 0 Å². The summed E-state index contributed by atoms with van der Waals surface area (Å²) >= 11 is 0. The largest absolute Gasteiger partial charge is 0.481 e. The lowest BCUT2D eigenvalue weighted by Gasteiger charge is -2.39. The first kappa shape index (κ1) is 14.6. The number of rotatable bonds is 3. The molecule has 1 aromatic rings. The van der Waals surface area contributed by atoms with Crippen molar-refractivity contribution in [3.63, 3.8) is 0 Å². The number of nitrogens with zero attached hydrogens (tertiary/aromatic N) is 2. The normalized spacial score (nSPS) is 22.9. The maximum Gasteiger partial charge on any atom is 0.311 e. The van der Waals surface area contributed by atoms with Gasteiger partial charge < -0.3 is 14.5 Å². The molecule has 1 fully saturated rings. The zero-order valence-electron chi connectivity index (χ0n) is 12.1. The number of aliphatic carboxylic acids is 1. The number of piperidine rings is 1. The van der Waals surface area contributed by atoms with Crippen molar-refractivity contribution in [2.75, 3.05) is 13.1 Å². The minimum Gasteiger partial charge on any atom is -0.481 e. The van der Waals surface area contributed by atoms with Crippen LogP contribution in [0.1, 0.15) is 48.0 Å². The predicted octanol–water partition coefficient (Wildman–Crippen LogP) is 2.01. The number of hydrogen-bond donors (Lipinski definition) is 1. The highest BCUT2D eigenvalue weighted by Crippen LogP contribution is 2.34. The lowest BCUT2D eigenvalue weighted by molar-refractivity contribution is -0.152. The van der Waals surface area contributed by atoms with Gasteiger partial charge >= 0.3 is 5.97 Å². The van der Waals surface area contributed by atoms with Crippen LogP contribution in [0.3, 0.4) is 0 Å². The Bertz CT molecular complexity index is 518. The van der Waals surface area contributed by atoms with E-state index in [-0.39, 0.29) is 12.5 Å². The van der Waals surface area contributed by atoms with Crippen LogP contribution >= 0.6 is 0 Å². The molecule has 20 heavy (non-hydrogen) atoms. The van der Waals surface area contributed by atoms with Gasteiger partial charge in [0.1, 0.15) is 11.3 Å². The van der Waals surface area contributed by atoms with Crippen LogP contribution in [0, 0.1) is 19.3 Å². The van der Waals surface area contributed by atoms with Crippen molar-refractivity contribution in [2.45, 2.75) is 40.0 Å². The van der Waals surface area contributed by atoms with Crippen LogP contribution in [0.15, 0.2) is 4.52 Å². The van der Waals surface area contributed by atoms with E-state index < -0.39 is 11.4 Å². The molecule has 110 valence electrons. The van der Waals surface area contributed by atoms with Crippen molar-refractivity contribution in [3.05, 3.63) is 17.0 Å². The first-order valence-electron chi connectivity index (χ1n) is 6.87. The number of hydrogen-bond acceptors (Lipinski definition) is 4. The second-order valence-corrected chi connectivity index (χ2v) is 5.47. The summed E-state index contributed by atoms with van der Waals surface area (Å²) in [5.41, 5.74) is 0.185. The van der Waals surface area contributed by atoms with E-state index in [2.05, 4.69) is 5.16 Å². The standard InChI is InChI=1S/C14H20N2O4/c1-4-14(13(18)19)6-5-7-16(8-14)12(17)11-9(2)15-20-10(11)3/h4-8H2,1-3H3,(H,18,19). The quantitative estimate of drug-likeness (QED) is 0.915. The first-order valence-corrected chi connectivity index (χ1v) is 6.87. The maximum atomic E-state index is 12.6. The smallest absolute Gasteiger partial charge is 0.311 e. The highest BCUT2D eigenvalue weighted by molar-refractivity contribution is 5.96. The Morgan fingerprint density at radius 1 is 1.45 bits per heavy atom. The van der Waals surface area contributed by atoms with E-state index in [1.807, 2.05) is 6.92 Å². The molecule has 1 amide bonds. The summed E-state index contributed by atoms with van der Waals surface area (Å²) in [6, 6.07) is 0. The average Bonchev–Trinajstić information content (AvgIpc) is 2.77. The van der Waals surface area contributed by atoms with Gasteiger partial charge in [-0.05, 0) is 33.1 Å². The summed E-state index contributed by atoms with van der Waals surface area (Å²) in [6.07, 6.45) is 1.84. The number of carboxylic acid groups (broad SMARTS) is 1.